The first-order valence-corrected chi connectivity index (χ1v) is 6.50. The molecule has 0 radical (unpaired) electrons. The number of likely N-dealkylation sites (tertiary alicyclic amines) is 1. The lowest BCUT2D eigenvalue weighted by Gasteiger charge is -2.48. The molecule has 0 aromatic rings. The van der Waals surface area contributed by atoms with Gasteiger partial charge < -0.3 is 5.73 Å². The highest BCUT2D eigenvalue weighted by molar-refractivity contribution is 5.85. The summed E-state index contributed by atoms with van der Waals surface area (Å²) in [6.07, 6.45) is 12.5. The van der Waals surface area contributed by atoms with Crippen molar-refractivity contribution in [3.8, 4) is 0 Å². The summed E-state index contributed by atoms with van der Waals surface area (Å²) in [7, 11) is 0. The van der Waals surface area contributed by atoms with E-state index in [1.54, 1.807) is 0 Å². The third kappa shape index (κ3) is 2.93. The topological polar surface area (TPSA) is 29.3 Å². The smallest absolute Gasteiger partial charge is 0.0451 e. The molecule has 0 spiro atoms. The van der Waals surface area contributed by atoms with Crippen LogP contribution < -0.4 is 5.73 Å². The largest absolute Gasteiger partial charge is 0.328 e. The van der Waals surface area contributed by atoms with E-state index < -0.39 is 0 Å². The Morgan fingerprint density at radius 2 is 1.88 bits per heavy atom. The van der Waals surface area contributed by atoms with E-state index in [-0.39, 0.29) is 17.9 Å². The molecule has 0 bridgehead atoms. The summed E-state index contributed by atoms with van der Waals surface area (Å²) in [4.78, 5) is 2.64. The second-order valence-electron chi connectivity index (χ2n) is 5.46. The van der Waals surface area contributed by atoms with Crippen LogP contribution in [0.25, 0.3) is 0 Å². The van der Waals surface area contributed by atoms with Crippen LogP contribution in [0.3, 0.4) is 0 Å². The molecule has 98 valence electrons. The zero-order valence-corrected chi connectivity index (χ0v) is 11.7. The summed E-state index contributed by atoms with van der Waals surface area (Å²) in [6, 6.07) is 0.420. The van der Waals surface area contributed by atoms with Gasteiger partial charge in [0.1, 0.15) is 0 Å². The molecule has 0 aromatic carbocycles. The average molecular weight is 257 g/mol. The number of hydrogen-bond acceptors (Lipinski definition) is 2. The Morgan fingerprint density at radius 3 is 2.35 bits per heavy atom. The van der Waals surface area contributed by atoms with Crippen molar-refractivity contribution in [2.75, 3.05) is 13.1 Å². The van der Waals surface area contributed by atoms with Crippen LogP contribution in [-0.2, 0) is 0 Å². The average Bonchev–Trinajstić information content (AvgIpc) is 2.30. The van der Waals surface area contributed by atoms with E-state index in [4.69, 9.17) is 5.73 Å². The Balaban J connectivity index is 0.00000144. The molecule has 1 unspecified atom stereocenters. The third-order valence-electron chi connectivity index (χ3n) is 4.21. The van der Waals surface area contributed by atoms with Gasteiger partial charge in [-0.25, -0.2) is 0 Å². The van der Waals surface area contributed by atoms with Crippen molar-refractivity contribution in [1.82, 2.24) is 4.90 Å². The monoisotopic (exact) mass is 256 g/mol. The third-order valence-corrected chi connectivity index (χ3v) is 4.21. The van der Waals surface area contributed by atoms with Crippen molar-refractivity contribution < 1.29 is 0 Å². The summed E-state index contributed by atoms with van der Waals surface area (Å²) in [6.45, 7) is 6.96. The molecule has 1 atom stereocenters. The first-order chi connectivity index (χ1) is 7.65. The van der Waals surface area contributed by atoms with Gasteiger partial charge >= 0.3 is 0 Å². The van der Waals surface area contributed by atoms with Crippen LogP contribution in [-0.4, -0.2) is 29.6 Å². The molecule has 1 fully saturated rings. The quantitative estimate of drug-likeness (QED) is 0.823. The van der Waals surface area contributed by atoms with Crippen molar-refractivity contribution >= 4 is 12.4 Å². The van der Waals surface area contributed by atoms with Gasteiger partial charge in [-0.2, -0.15) is 0 Å². The molecule has 0 aromatic heterocycles. The van der Waals surface area contributed by atoms with Crippen molar-refractivity contribution in [3.63, 3.8) is 0 Å². The lowest BCUT2D eigenvalue weighted by atomic mass is 9.78. The Morgan fingerprint density at radius 1 is 1.24 bits per heavy atom. The Hall–Kier alpha value is -0.310. The van der Waals surface area contributed by atoms with Gasteiger partial charge in [-0.05, 0) is 25.2 Å². The first-order valence-electron chi connectivity index (χ1n) is 6.50. The fourth-order valence-electron chi connectivity index (χ4n) is 2.97. The minimum Gasteiger partial charge on any atom is -0.328 e. The highest BCUT2D eigenvalue weighted by atomic mass is 35.5. The maximum Gasteiger partial charge on any atom is 0.0451 e. The van der Waals surface area contributed by atoms with Crippen molar-refractivity contribution in [2.24, 2.45) is 11.7 Å². The molecule has 2 rings (SSSR count). The molecule has 2 aliphatic rings. The number of nitrogens with two attached hydrogens (primary N) is 1. The first kappa shape index (κ1) is 14.7. The van der Waals surface area contributed by atoms with E-state index in [1.807, 2.05) is 0 Å². The molecule has 2 N–H and O–H groups in total. The minimum absolute atomic E-state index is 0. The normalized spacial score (nSPS) is 30.6. The van der Waals surface area contributed by atoms with Gasteiger partial charge in [0, 0.05) is 24.7 Å². The van der Waals surface area contributed by atoms with Crippen molar-refractivity contribution in [3.05, 3.63) is 24.3 Å². The number of allylic oxidation sites excluding steroid dienone is 2. The van der Waals surface area contributed by atoms with Crippen LogP contribution in [0.5, 0.6) is 0 Å². The summed E-state index contributed by atoms with van der Waals surface area (Å²) >= 11 is 0. The molecular weight excluding hydrogens is 232 g/mol. The molecule has 1 aliphatic heterocycles. The van der Waals surface area contributed by atoms with Gasteiger partial charge in [0.15, 0.2) is 0 Å². The summed E-state index contributed by atoms with van der Waals surface area (Å²) in [5, 5.41) is 0. The number of hydrogen-bond donors (Lipinski definition) is 1. The number of piperidine rings is 1. The number of halogens is 1. The maximum atomic E-state index is 5.99. The van der Waals surface area contributed by atoms with Gasteiger partial charge in [-0.3, -0.25) is 4.90 Å². The summed E-state index contributed by atoms with van der Waals surface area (Å²) in [5.74, 6) is 0.656. The van der Waals surface area contributed by atoms with E-state index in [1.165, 1.54) is 0 Å². The fourth-order valence-corrected chi connectivity index (χ4v) is 2.97. The molecule has 2 nitrogen and oxygen atoms in total. The predicted octanol–water partition coefficient (Wildman–Crippen LogP) is 2.74. The highest BCUT2D eigenvalue weighted by Gasteiger charge is 2.38. The SMILES string of the molecule is CC(C)C1(N2CCC(N)CC2)C=CC=CC1.Cl. The van der Waals surface area contributed by atoms with E-state index in [0.29, 0.717) is 12.0 Å². The molecule has 0 amide bonds. The maximum absolute atomic E-state index is 5.99. The van der Waals surface area contributed by atoms with E-state index in [0.717, 1.165) is 32.4 Å². The summed E-state index contributed by atoms with van der Waals surface area (Å²) < 4.78 is 0. The Bertz CT molecular complexity index is 291. The predicted molar refractivity (Wildman–Crippen MR) is 76.5 cm³/mol. The van der Waals surface area contributed by atoms with Crippen LogP contribution in [0.2, 0.25) is 0 Å². The van der Waals surface area contributed by atoms with Crippen LogP contribution in [0.15, 0.2) is 24.3 Å². The molecule has 0 saturated carbocycles. The van der Waals surface area contributed by atoms with Gasteiger partial charge in [0.25, 0.3) is 0 Å². The Kier molecular flexibility index (Phi) is 5.23. The van der Waals surface area contributed by atoms with Crippen LogP contribution in [0, 0.1) is 5.92 Å². The van der Waals surface area contributed by atoms with Gasteiger partial charge in [0.05, 0.1) is 0 Å². The standard InChI is InChI=1S/C14H24N2.ClH/c1-12(2)14(8-4-3-5-9-14)16-10-6-13(15)7-11-16;/h3-5,8,12-13H,6-7,9-11,15H2,1-2H3;1H. The molecular formula is C14H25ClN2. The van der Waals surface area contributed by atoms with E-state index >= 15 is 0 Å². The molecule has 17 heavy (non-hydrogen) atoms. The molecule has 1 saturated heterocycles. The zero-order chi connectivity index (χ0) is 11.6. The van der Waals surface area contributed by atoms with Crippen LogP contribution in [0.1, 0.15) is 33.1 Å². The molecule has 1 heterocycles. The molecule has 3 heteroatoms. The lowest BCUT2D eigenvalue weighted by molar-refractivity contribution is 0.0621. The second-order valence-corrected chi connectivity index (χ2v) is 5.46. The fraction of sp³-hybridized carbons (Fsp3) is 0.714. The van der Waals surface area contributed by atoms with E-state index in [9.17, 15) is 0 Å². The van der Waals surface area contributed by atoms with Gasteiger partial charge in [-0.1, -0.05) is 38.2 Å². The van der Waals surface area contributed by atoms with E-state index in [2.05, 4.69) is 43.1 Å². The Labute approximate surface area is 111 Å². The van der Waals surface area contributed by atoms with Crippen molar-refractivity contribution in [1.29, 1.82) is 0 Å². The van der Waals surface area contributed by atoms with Crippen LogP contribution >= 0.6 is 12.4 Å². The minimum atomic E-state index is 0. The van der Waals surface area contributed by atoms with Gasteiger partial charge in [0.2, 0.25) is 0 Å². The zero-order valence-electron chi connectivity index (χ0n) is 10.9. The van der Waals surface area contributed by atoms with Crippen LogP contribution in [0.4, 0.5) is 0 Å². The number of nitrogens with zero attached hydrogens (tertiary/aromatic N) is 1. The molecule has 1 aliphatic carbocycles. The highest BCUT2D eigenvalue weighted by Crippen LogP contribution is 2.34. The van der Waals surface area contributed by atoms with Gasteiger partial charge in [-0.15, -0.1) is 12.4 Å². The lowest BCUT2D eigenvalue weighted by Crippen LogP contribution is -2.55. The summed E-state index contributed by atoms with van der Waals surface area (Å²) in [5.41, 5.74) is 6.23. The number of rotatable bonds is 2. The second kappa shape index (κ2) is 6.03. The van der Waals surface area contributed by atoms with Crippen molar-refractivity contribution in [2.45, 2.75) is 44.7 Å².